The largest absolute Gasteiger partial charge is 0.391 e. The number of rotatable bonds is 4. The van der Waals surface area contributed by atoms with Gasteiger partial charge in [-0.05, 0) is 18.4 Å². The summed E-state index contributed by atoms with van der Waals surface area (Å²) in [5.41, 5.74) is 1.18. The Balaban J connectivity index is 1.65. The Labute approximate surface area is 96.0 Å². The maximum Gasteiger partial charge on any atom is 0.0810 e. The van der Waals surface area contributed by atoms with Crippen molar-refractivity contribution in [1.82, 2.24) is 0 Å². The van der Waals surface area contributed by atoms with Gasteiger partial charge in [0.05, 0.1) is 32.0 Å². The molecule has 1 aromatic carbocycles. The molecule has 2 rings (SSSR count). The molecule has 0 radical (unpaired) electrons. The molecule has 16 heavy (non-hydrogen) atoms. The van der Waals surface area contributed by atoms with Crippen molar-refractivity contribution in [2.45, 2.75) is 31.7 Å². The highest BCUT2D eigenvalue weighted by Gasteiger charge is 2.19. The molecular weight excluding hydrogens is 204 g/mol. The third-order valence-corrected chi connectivity index (χ3v) is 2.76. The van der Waals surface area contributed by atoms with Crippen molar-refractivity contribution in [2.24, 2.45) is 0 Å². The average molecular weight is 222 g/mol. The van der Waals surface area contributed by atoms with Crippen molar-refractivity contribution < 1.29 is 14.6 Å². The van der Waals surface area contributed by atoms with E-state index in [4.69, 9.17) is 9.47 Å². The number of ether oxygens (including phenoxy) is 2. The fourth-order valence-electron chi connectivity index (χ4n) is 1.81. The number of aliphatic hydroxyl groups excluding tert-OH is 1. The molecule has 1 aliphatic heterocycles. The Hall–Kier alpha value is -0.900. The van der Waals surface area contributed by atoms with Crippen molar-refractivity contribution in [3.05, 3.63) is 35.9 Å². The molecule has 0 saturated carbocycles. The third-order valence-electron chi connectivity index (χ3n) is 2.76. The minimum atomic E-state index is -0.287. The minimum Gasteiger partial charge on any atom is -0.391 e. The normalized spacial score (nSPS) is 25.6. The van der Waals surface area contributed by atoms with Crippen LogP contribution in [0.25, 0.3) is 0 Å². The lowest BCUT2D eigenvalue weighted by atomic mass is 10.1. The highest BCUT2D eigenvalue weighted by Crippen LogP contribution is 2.14. The number of aliphatic hydroxyl groups is 1. The topological polar surface area (TPSA) is 38.7 Å². The molecule has 1 saturated heterocycles. The van der Waals surface area contributed by atoms with Crippen LogP contribution in [0, 0.1) is 0 Å². The first-order valence-corrected chi connectivity index (χ1v) is 5.76. The molecule has 1 aromatic rings. The SMILES string of the molecule is O[C@@H]1CC[C@H](COCc2ccccc2)OC1. The summed E-state index contributed by atoms with van der Waals surface area (Å²) in [7, 11) is 0. The molecular formula is C13H18O3. The maximum atomic E-state index is 9.26. The van der Waals surface area contributed by atoms with Crippen LogP contribution in [0.2, 0.25) is 0 Å². The highest BCUT2D eigenvalue weighted by molar-refractivity contribution is 5.13. The van der Waals surface area contributed by atoms with Crippen LogP contribution in [-0.4, -0.2) is 30.5 Å². The fourth-order valence-corrected chi connectivity index (χ4v) is 1.81. The molecule has 2 atom stereocenters. The smallest absolute Gasteiger partial charge is 0.0810 e. The van der Waals surface area contributed by atoms with E-state index >= 15 is 0 Å². The second kappa shape index (κ2) is 5.99. The zero-order chi connectivity index (χ0) is 11.2. The maximum absolute atomic E-state index is 9.26. The van der Waals surface area contributed by atoms with Gasteiger partial charge in [0.2, 0.25) is 0 Å². The van der Waals surface area contributed by atoms with Crippen LogP contribution in [0.3, 0.4) is 0 Å². The van der Waals surface area contributed by atoms with Crippen molar-refractivity contribution in [3.63, 3.8) is 0 Å². The van der Waals surface area contributed by atoms with Gasteiger partial charge in [0.25, 0.3) is 0 Å². The molecule has 0 aromatic heterocycles. The second-order valence-electron chi connectivity index (χ2n) is 4.19. The number of hydrogen-bond acceptors (Lipinski definition) is 3. The van der Waals surface area contributed by atoms with Crippen LogP contribution in [0.5, 0.6) is 0 Å². The van der Waals surface area contributed by atoms with E-state index < -0.39 is 0 Å². The number of benzene rings is 1. The predicted molar refractivity (Wildman–Crippen MR) is 61.1 cm³/mol. The standard InChI is InChI=1S/C13H18O3/c14-12-6-7-13(16-9-12)10-15-8-11-4-2-1-3-5-11/h1-5,12-14H,6-10H2/t12-,13-/m1/s1. The Bertz CT molecular complexity index is 291. The molecule has 3 nitrogen and oxygen atoms in total. The summed E-state index contributed by atoms with van der Waals surface area (Å²) in [6, 6.07) is 10.1. The Morgan fingerprint density at radius 3 is 2.75 bits per heavy atom. The van der Waals surface area contributed by atoms with Gasteiger partial charge >= 0.3 is 0 Å². The summed E-state index contributed by atoms with van der Waals surface area (Å²) >= 11 is 0. The lowest BCUT2D eigenvalue weighted by Crippen LogP contribution is -2.32. The molecule has 0 aliphatic carbocycles. The van der Waals surface area contributed by atoms with Crippen LogP contribution in [0.4, 0.5) is 0 Å². The minimum absolute atomic E-state index is 0.145. The average Bonchev–Trinajstić information content (AvgIpc) is 2.33. The van der Waals surface area contributed by atoms with Gasteiger partial charge in [-0.25, -0.2) is 0 Å². The van der Waals surface area contributed by atoms with E-state index in [9.17, 15) is 5.11 Å². The van der Waals surface area contributed by atoms with E-state index in [-0.39, 0.29) is 12.2 Å². The summed E-state index contributed by atoms with van der Waals surface area (Å²) in [6.45, 7) is 1.68. The third kappa shape index (κ3) is 3.59. The molecule has 1 heterocycles. The van der Waals surface area contributed by atoms with E-state index in [0.717, 1.165) is 12.8 Å². The van der Waals surface area contributed by atoms with Crippen molar-refractivity contribution in [2.75, 3.05) is 13.2 Å². The molecule has 1 aliphatic rings. The summed E-state index contributed by atoms with van der Waals surface area (Å²) in [6.07, 6.45) is 1.56. The van der Waals surface area contributed by atoms with Gasteiger partial charge in [-0.2, -0.15) is 0 Å². The van der Waals surface area contributed by atoms with Gasteiger partial charge in [0.15, 0.2) is 0 Å². The zero-order valence-electron chi connectivity index (χ0n) is 9.34. The summed E-state index contributed by atoms with van der Waals surface area (Å²) < 4.78 is 11.0. The first-order valence-electron chi connectivity index (χ1n) is 5.76. The molecule has 0 unspecified atom stereocenters. The lowest BCUT2D eigenvalue weighted by molar-refractivity contribution is -0.0881. The molecule has 88 valence electrons. The van der Waals surface area contributed by atoms with Gasteiger partial charge in [-0.3, -0.25) is 0 Å². The van der Waals surface area contributed by atoms with E-state index in [0.29, 0.717) is 19.8 Å². The van der Waals surface area contributed by atoms with Crippen LogP contribution in [0.15, 0.2) is 30.3 Å². The Morgan fingerprint density at radius 1 is 1.25 bits per heavy atom. The van der Waals surface area contributed by atoms with Crippen molar-refractivity contribution >= 4 is 0 Å². The first kappa shape index (κ1) is 11.6. The quantitative estimate of drug-likeness (QED) is 0.843. The fraction of sp³-hybridized carbons (Fsp3) is 0.538. The molecule has 1 fully saturated rings. The molecule has 0 amide bonds. The van der Waals surface area contributed by atoms with Crippen LogP contribution >= 0.6 is 0 Å². The van der Waals surface area contributed by atoms with Gasteiger partial charge in [0.1, 0.15) is 0 Å². The van der Waals surface area contributed by atoms with Crippen LogP contribution in [0.1, 0.15) is 18.4 Å². The van der Waals surface area contributed by atoms with Crippen molar-refractivity contribution in [1.29, 1.82) is 0 Å². The van der Waals surface area contributed by atoms with Gasteiger partial charge < -0.3 is 14.6 Å². The second-order valence-corrected chi connectivity index (χ2v) is 4.19. The lowest BCUT2D eigenvalue weighted by Gasteiger charge is -2.25. The molecule has 1 N–H and O–H groups in total. The van der Waals surface area contributed by atoms with E-state index in [1.165, 1.54) is 5.56 Å². The molecule has 0 bridgehead atoms. The van der Waals surface area contributed by atoms with Crippen molar-refractivity contribution in [3.8, 4) is 0 Å². The first-order chi connectivity index (χ1) is 7.84. The summed E-state index contributed by atoms with van der Waals surface area (Å²) in [5.74, 6) is 0. The van der Waals surface area contributed by atoms with E-state index in [1.54, 1.807) is 0 Å². The number of hydrogen-bond donors (Lipinski definition) is 1. The monoisotopic (exact) mass is 222 g/mol. The van der Waals surface area contributed by atoms with Gasteiger partial charge in [0, 0.05) is 0 Å². The van der Waals surface area contributed by atoms with Crippen LogP contribution < -0.4 is 0 Å². The Kier molecular flexibility index (Phi) is 4.34. The summed E-state index contributed by atoms with van der Waals surface area (Å²) in [4.78, 5) is 0. The predicted octanol–water partition coefficient (Wildman–Crippen LogP) is 1.74. The van der Waals surface area contributed by atoms with Gasteiger partial charge in [-0.15, -0.1) is 0 Å². The molecule has 0 spiro atoms. The summed E-state index contributed by atoms with van der Waals surface area (Å²) in [5, 5.41) is 9.26. The van der Waals surface area contributed by atoms with E-state index in [1.807, 2.05) is 30.3 Å². The van der Waals surface area contributed by atoms with E-state index in [2.05, 4.69) is 0 Å². The highest BCUT2D eigenvalue weighted by atomic mass is 16.5. The zero-order valence-corrected chi connectivity index (χ0v) is 9.34. The molecule has 3 heteroatoms. The Morgan fingerprint density at radius 2 is 2.06 bits per heavy atom. The van der Waals surface area contributed by atoms with Gasteiger partial charge in [-0.1, -0.05) is 30.3 Å². The van der Waals surface area contributed by atoms with Crippen LogP contribution in [-0.2, 0) is 16.1 Å².